The second kappa shape index (κ2) is 5.37. The number of nitrogens with one attached hydrogen (secondary N) is 2. The minimum atomic E-state index is -3.23. The standard InChI is InChI=1S/C9H18N2O3S2/c1-10-16(13,14)5-4-11-8(12)6-9(7-15)2-3-9/h10,15H,2-7H2,1H3,(H,11,12). The minimum Gasteiger partial charge on any atom is -0.355 e. The first-order chi connectivity index (χ1) is 7.43. The SMILES string of the molecule is CNS(=O)(=O)CCNC(=O)CC1(CS)CC1. The molecule has 16 heavy (non-hydrogen) atoms. The molecule has 0 bridgehead atoms. The summed E-state index contributed by atoms with van der Waals surface area (Å²) in [5, 5.41) is 2.61. The lowest BCUT2D eigenvalue weighted by atomic mass is 10.1. The highest BCUT2D eigenvalue weighted by atomic mass is 32.2. The van der Waals surface area contributed by atoms with Crippen molar-refractivity contribution in [3.05, 3.63) is 0 Å². The molecule has 2 N–H and O–H groups in total. The van der Waals surface area contributed by atoms with Gasteiger partial charge in [-0.15, -0.1) is 0 Å². The van der Waals surface area contributed by atoms with Crippen LogP contribution >= 0.6 is 12.6 Å². The third-order valence-corrected chi connectivity index (χ3v) is 4.87. The van der Waals surface area contributed by atoms with E-state index in [1.807, 2.05) is 0 Å². The van der Waals surface area contributed by atoms with Gasteiger partial charge in [0.05, 0.1) is 5.75 Å². The normalized spacial score (nSPS) is 18.1. The van der Waals surface area contributed by atoms with Gasteiger partial charge in [0.2, 0.25) is 15.9 Å². The largest absolute Gasteiger partial charge is 0.355 e. The molecule has 0 spiro atoms. The monoisotopic (exact) mass is 266 g/mol. The van der Waals surface area contributed by atoms with Gasteiger partial charge in [-0.25, -0.2) is 13.1 Å². The van der Waals surface area contributed by atoms with E-state index in [0.717, 1.165) is 18.6 Å². The van der Waals surface area contributed by atoms with Gasteiger partial charge in [0.15, 0.2) is 0 Å². The van der Waals surface area contributed by atoms with Crippen LogP contribution in [0.1, 0.15) is 19.3 Å². The van der Waals surface area contributed by atoms with Crippen molar-refractivity contribution in [1.29, 1.82) is 0 Å². The van der Waals surface area contributed by atoms with Gasteiger partial charge in [0.25, 0.3) is 0 Å². The second-order valence-corrected chi connectivity index (χ2v) is 6.57. The number of carbonyl (C=O) groups excluding carboxylic acids is 1. The Balaban J connectivity index is 2.21. The van der Waals surface area contributed by atoms with Gasteiger partial charge >= 0.3 is 0 Å². The van der Waals surface area contributed by atoms with Crippen molar-refractivity contribution in [2.75, 3.05) is 25.1 Å². The maximum Gasteiger partial charge on any atom is 0.220 e. The van der Waals surface area contributed by atoms with Crippen molar-refractivity contribution in [3.8, 4) is 0 Å². The zero-order valence-electron chi connectivity index (χ0n) is 9.32. The highest BCUT2D eigenvalue weighted by Crippen LogP contribution is 2.49. The molecular formula is C9H18N2O3S2. The van der Waals surface area contributed by atoms with Crippen LogP contribution in [0.4, 0.5) is 0 Å². The molecule has 7 heteroatoms. The molecule has 1 amide bonds. The van der Waals surface area contributed by atoms with Crippen LogP contribution in [0.2, 0.25) is 0 Å². The minimum absolute atomic E-state index is 0.0784. The fraction of sp³-hybridized carbons (Fsp3) is 0.889. The fourth-order valence-corrected chi connectivity index (χ4v) is 2.40. The molecule has 1 rings (SSSR count). The van der Waals surface area contributed by atoms with Gasteiger partial charge in [0, 0.05) is 13.0 Å². The highest BCUT2D eigenvalue weighted by Gasteiger charge is 2.42. The van der Waals surface area contributed by atoms with Gasteiger partial charge < -0.3 is 5.32 Å². The van der Waals surface area contributed by atoms with Crippen LogP contribution in [0.3, 0.4) is 0 Å². The average molecular weight is 266 g/mol. The molecule has 0 unspecified atom stereocenters. The van der Waals surface area contributed by atoms with Crippen molar-refractivity contribution in [2.45, 2.75) is 19.3 Å². The maximum atomic E-state index is 11.5. The molecule has 1 fully saturated rings. The Morgan fingerprint density at radius 2 is 2.06 bits per heavy atom. The zero-order valence-corrected chi connectivity index (χ0v) is 11.0. The summed E-state index contributed by atoms with van der Waals surface area (Å²) in [5.74, 6) is 0.552. The number of sulfonamides is 1. The topological polar surface area (TPSA) is 75.3 Å². The summed E-state index contributed by atoms with van der Waals surface area (Å²) in [6, 6.07) is 0. The van der Waals surface area contributed by atoms with Gasteiger partial charge in [0.1, 0.15) is 0 Å². The van der Waals surface area contributed by atoms with Crippen molar-refractivity contribution >= 4 is 28.6 Å². The molecule has 0 atom stereocenters. The second-order valence-electron chi connectivity index (χ2n) is 4.21. The Bertz CT molecular complexity index is 350. The lowest BCUT2D eigenvalue weighted by Gasteiger charge is -2.11. The van der Waals surface area contributed by atoms with E-state index >= 15 is 0 Å². The Morgan fingerprint density at radius 1 is 1.44 bits per heavy atom. The number of rotatable bonds is 7. The molecule has 0 saturated heterocycles. The van der Waals surface area contributed by atoms with E-state index in [-0.39, 0.29) is 23.6 Å². The summed E-state index contributed by atoms with van der Waals surface area (Å²) < 4.78 is 24.3. The summed E-state index contributed by atoms with van der Waals surface area (Å²) in [5.41, 5.74) is 0.0784. The summed E-state index contributed by atoms with van der Waals surface area (Å²) in [7, 11) is -1.87. The van der Waals surface area contributed by atoms with Crippen LogP contribution in [0, 0.1) is 5.41 Å². The first kappa shape index (κ1) is 13.8. The van der Waals surface area contributed by atoms with Crippen LogP contribution in [-0.4, -0.2) is 39.4 Å². The van der Waals surface area contributed by atoms with Crippen LogP contribution in [0.15, 0.2) is 0 Å². The van der Waals surface area contributed by atoms with E-state index in [1.54, 1.807) is 0 Å². The average Bonchev–Trinajstić information content (AvgIpc) is 2.98. The first-order valence-electron chi connectivity index (χ1n) is 5.22. The Morgan fingerprint density at radius 3 is 2.50 bits per heavy atom. The quantitative estimate of drug-likeness (QED) is 0.556. The molecule has 5 nitrogen and oxygen atoms in total. The van der Waals surface area contributed by atoms with E-state index in [4.69, 9.17) is 0 Å². The first-order valence-corrected chi connectivity index (χ1v) is 7.50. The fourth-order valence-electron chi connectivity index (χ4n) is 1.40. The van der Waals surface area contributed by atoms with Crippen molar-refractivity contribution in [1.82, 2.24) is 10.0 Å². The van der Waals surface area contributed by atoms with E-state index in [2.05, 4.69) is 22.7 Å². The predicted octanol–water partition coefficient (Wildman–Crippen LogP) is -0.248. The van der Waals surface area contributed by atoms with Gasteiger partial charge in [-0.3, -0.25) is 4.79 Å². The Kier molecular flexibility index (Phi) is 4.63. The molecule has 1 aliphatic rings. The summed E-state index contributed by atoms with van der Waals surface area (Å²) in [6.45, 7) is 0.157. The smallest absolute Gasteiger partial charge is 0.220 e. The molecule has 1 saturated carbocycles. The Labute approximate surface area is 102 Å². The summed E-state index contributed by atoms with van der Waals surface area (Å²) in [4.78, 5) is 11.5. The van der Waals surface area contributed by atoms with Gasteiger partial charge in [-0.1, -0.05) is 0 Å². The molecular weight excluding hydrogens is 248 g/mol. The van der Waals surface area contributed by atoms with Crippen LogP contribution in [0.5, 0.6) is 0 Å². The molecule has 0 aromatic rings. The predicted molar refractivity (Wildman–Crippen MR) is 66.0 cm³/mol. The van der Waals surface area contributed by atoms with Crippen molar-refractivity contribution in [2.24, 2.45) is 5.41 Å². The lowest BCUT2D eigenvalue weighted by Crippen LogP contribution is -2.34. The van der Waals surface area contributed by atoms with Crippen LogP contribution < -0.4 is 10.0 Å². The van der Waals surface area contributed by atoms with E-state index in [0.29, 0.717) is 6.42 Å². The van der Waals surface area contributed by atoms with Gasteiger partial charge in [-0.2, -0.15) is 12.6 Å². The Hall–Kier alpha value is -0.270. The van der Waals surface area contributed by atoms with Crippen molar-refractivity contribution in [3.63, 3.8) is 0 Å². The molecule has 0 aliphatic heterocycles. The third-order valence-electron chi connectivity index (χ3n) is 2.83. The zero-order chi connectivity index (χ0) is 12.2. The van der Waals surface area contributed by atoms with E-state index in [9.17, 15) is 13.2 Å². The highest BCUT2D eigenvalue weighted by molar-refractivity contribution is 7.89. The molecule has 0 heterocycles. The lowest BCUT2D eigenvalue weighted by molar-refractivity contribution is -0.121. The van der Waals surface area contributed by atoms with E-state index in [1.165, 1.54) is 7.05 Å². The van der Waals surface area contributed by atoms with Gasteiger partial charge in [-0.05, 0) is 31.1 Å². The molecule has 94 valence electrons. The van der Waals surface area contributed by atoms with Crippen LogP contribution in [-0.2, 0) is 14.8 Å². The van der Waals surface area contributed by atoms with Crippen molar-refractivity contribution < 1.29 is 13.2 Å². The number of thiol groups is 1. The van der Waals surface area contributed by atoms with Crippen LogP contribution in [0.25, 0.3) is 0 Å². The summed E-state index contributed by atoms with van der Waals surface area (Å²) in [6.07, 6.45) is 2.54. The molecule has 0 aromatic heterocycles. The molecule has 0 aromatic carbocycles. The summed E-state index contributed by atoms with van der Waals surface area (Å²) >= 11 is 4.20. The number of carbonyl (C=O) groups is 1. The van der Waals surface area contributed by atoms with E-state index < -0.39 is 10.0 Å². The third kappa shape index (κ3) is 4.31. The number of amides is 1. The molecule has 0 radical (unpaired) electrons. The maximum absolute atomic E-state index is 11.5. The number of hydrogen-bond acceptors (Lipinski definition) is 4. The number of hydrogen-bond donors (Lipinski definition) is 3. The molecule has 1 aliphatic carbocycles.